The summed E-state index contributed by atoms with van der Waals surface area (Å²) in [4.78, 5) is 24.7. The molecule has 1 N–H and O–H groups in total. The van der Waals surface area contributed by atoms with Crippen LogP contribution >= 0.6 is 11.6 Å². The molecule has 27 heavy (non-hydrogen) atoms. The summed E-state index contributed by atoms with van der Waals surface area (Å²) < 4.78 is 5.45. The van der Waals surface area contributed by atoms with Crippen molar-refractivity contribution in [1.29, 1.82) is 0 Å². The lowest BCUT2D eigenvalue weighted by atomic mass is 9.49. The number of halogens is 1. The van der Waals surface area contributed by atoms with Crippen molar-refractivity contribution in [2.75, 3.05) is 13.2 Å². The maximum Gasteiger partial charge on any atom is 0.312 e. The first-order valence-electron chi connectivity index (χ1n) is 10.0. The van der Waals surface area contributed by atoms with Crippen molar-refractivity contribution in [3.63, 3.8) is 0 Å². The highest BCUT2D eigenvalue weighted by Crippen LogP contribution is 2.64. The number of hydrogen-bond acceptors (Lipinski definition) is 3. The Hall–Kier alpha value is -1.55. The standard InChI is InChI=1S/C22H28ClNO3/c1-15-4-2-3-5-18(15)6-7-24-19(25)13-27-20(26)21-9-16-8-17(10-21)12-22(23,11-16)14-21/h2-5,16-17H,6-14H2,1H3,(H,24,25)/t16-,17+,21?,22?. The minimum absolute atomic E-state index is 0.195. The average Bonchev–Trinajstić information content (AvgIpc) is 2.59. The minimum atomic E-state index is -0.451. The van der Waals surface area contributed by atoms with E-state index in [-0.39, 0.29) is 23.4 Å². The summed E-state index contributed by atoms with van der Waals surface area (Å²) in [5.41, 5.74) is 1.98. The van der Waals surface area contributed by atoms with Crippen LogP contribution in [0.4, 0.5) is 0 Å². The summed E-state index contributed by atoms with van der Waals surface area (Å²) in [6, 6.07) is 8.14. The molecule has 5 rings (SSSR count). The normalized spacial score (nSPS) is 33.7. The van der Waals surface area contributed by atoms with Gasteiger partial charge in [-0.25, -0.2) is 0 Å². The van der Waals surface area contributed by atoms with Crippen LogP contribution in [0.3, 0.4) is 0 Å². The number of aryl methyl sites for hydroxylation is 1. The van der Waals surface area contributed by atoms with E-state index in [2.05, 4.69) is 24.4 Å². The van der Waals surface area contributed by atoms with Gasteiger partial charge in [0.15, 0.2) is 6.61 Å². The lowest BCUT2D eigenvalue weighted by molar-refractivity contribution is -0.171. The molecule has 4 aliphatic carbocycles. The summed E-state index contributed by atoms with van der Waals surface area (Å²) in [6.07, 6.45) is 6.50. The first-order chi connectivity index (χ1) is 12.9. The summed E-state index contributed by atoms with van der Waals surface area (Å²) >= 11 is 6.78. The van der Waals surface area contributed by atoms with Crippen LogP contribution in [0.25, 0.3) is 0 Å². The summed E-state index contributed by atoms with van der Waals surface area (Å²) in [7, 11) is 0. The van der Waals surface area contributed by atoms with Gasteiger partial charge in [0.2, 0.25) is 0 Å². The van der Waals surface area contributed by atoms with Crippen LogP contribution in [0.2, 0.25) is 0 Å². The van der Waals surface area contributed by atoms with Gasteiger partial charge in [0.05, 0.1) is 5.41 Å². The van der Waals surface area contributed by atoms with Crippen molar-refractivity contribution in [2.24, 2.45) is 17.3 Å². The zero-order valence-electron chi connectivity index (χ0n) is 15.9. The number of ether oxygens (including phenoxy) is 1. The minimum Gasteiger partial charge on any atom is -0.455 e. The second-order valence-corrected chi connectivity index (χ2v) is 9.80. The van der Waals surface area contributed by atoms with E-state index in [1.54, 1.807) is 0 Å². The Balaban J connectivity index is 1.26. The molecule has 4 saturated carbocycles. The molecule has 4 aliphatic rings. The topological polar surface area (TPSA) is 55.4 Å². The zero-order chi connectivity index (χ0) is 19.1. The molecular formula is C22H28ClNO3. The van der Waals surface area contributed by atoms with Gasteiger partial charge in [-0.2, -0.15) is 0 Å². The van der Waals surface area contributed by atoms with Crippen molar-refractivity contribution >= 4 is 23.5 Å². The number of alkyl halides is 1. The molecule has 0 aliphatic heterocycles. The Morgan fingerprint density at radius 1 is 1.19 bits per heavy atom. The molecule has 1 amide bonds. The highest BCUT2D eigenvalue weighted by molar-refractivity contribution is 6.24. The van der Waals surface area contributed by atoms with E-state index in [1.165, 1.54) is 17.5 Å². The van der Waals surface area contributed by atoms with Gasteiger partial charge in [-0.3, -0.25) is 9.59 Å². The molecule has 0 saturated heterocycles. The number of amides is 1. The van der Waals surface area contributed by atoms with Crippen molar-refractivity contribution < 1.29 is 14.3 Å². The Morgan fingerprint density at radius 2 is 1.89 bits per heavy atom. The van der Waals surface area contributed by atoms with E-state index >= 15 is 0 Å². The van der Waals surface area contributed by atoms with Crippen LogP contribution in [0.15, 0.2) is 24.3 Å². The number of hydrogen-bond donors (Lipinski definition) is 1. The first kappa shape index (κ1) is 18.8. The third kappa shape index (κ3) is 3.87. The van der Waals surface area contributed by atoms with E-state index in [0.717, 1.165) is 32.1 Å². The Bertz CT molecular complexity index is 733. The lowest BCUT2D eigenvalue weighted by Crippen LogP contribution is -2.56. The molecule has 1 aromatic rings. The van der Waals surface area contributed by atoms with Gasteiger partial charge in [0, 0.05) is 11.4 Å². The van der Waals surface area contributed by atoms with E-state index in [1.807, 2.05) is 12.1 Å². The molecule has 0 aromatic heterocycles. The molecule has 4 nitrogen and oxygen atoms in total. The Labute approximate surface area is 166 Å². The summed E-state index contributed by atoms with van der Waals surface area (Å²) in [5.74, 6) is 0.636. The van der Waals surface area contributed by atoms with Crippen LogP contribution in [0, 0.1) is 24.2 Å². The quantitative estimate of drug-likeness (QED) is 0.595. The maximum absolute atomic E-state index is 12.8. The lowest BCUT2D eigenvalue weighted by Gasteiger charge is -2.58. The number of esters is 1. The number of carbonyl (C=O) groups is 2. The van der Waals surface area contributed by atoms with Crippen molar-refractivity contribution in [2.45, 2.75) is 56.7 Å². The number of nitrogens with one attached hydrogen (secondary N) is 1. The molecule has 0 radical (unpaired) electrons. The largest absolute Gasteiger partial charge is 0.455 e. The first-order valence-corrected chi connectivity index (χ1v) is 10.4. The molecule has 146 valence electrons. The fraction of sp³-hybridized carbons (Fsp3) is 0.636. The van der Waals surface area contributed by atoms with Crippen LogP contribution < -0.4 is 5.32 Å². The van der Waals surface area contributed by atoms with Gasteiger partial charge < -0.3 is 10.1 Å². The molecule has 4 bridgehead atoms. The second kappa shape index (κ2) is 7.12. The fourth-order valence-electron chi connectivity index (χ4n) is 5.95. The van der Waals surface area contributed by atoms with Crippen LogP contribution in [-0.2, 0) is 20.7 Å². The van der Waals surface area contributed by atoms with Gasteiger partial charge >= 0.3 is 5.97 Å². The van der Waals surface area contributed by atoms with E-state index in [0.29, 0.717) is 24.8 Å². The third-order valence-corrected chi connectivity index (χ3v) is 7.18. The van der Waals surface area contributed by atoms with Crippen LogP contribution in [-0.4, -0.2) is 29.9 Å². The SMILES string of the molecule is Cc1ccccc1CCNC(=O)COC(=O)C12C[C@@H]3C[C@@H](CC(Cl)(C3)C1)C2. The average molecular weight is 390 g/mol. The molecule has 2 unspecified atom stereocenters. The second-order valence-electron chi connectivity index (χ2n) is 8.99. The molecule has 4 fully saturated rings. The fourth-order valence-corrected chi connectivity index (χ4v) is 6.64. The third-order valence-electron chi connectivity index (χ3n) is 6.73. The summed E-state index contributed by atoms with van der Waals surface area (Å²) in [5, 5.41) is 2.85. The zero-order valence-corrected chi connectivity index (χ0v) is 16.7. The molecular weight excluding hydrogens is 362 g/mol. The van der Waals surface area contributed by atoms with E-state index < -0.39 is 5.41 Å². The smallest absolute Gasteiger partial charge is 0.312 e. The molecule has 0 spiro atoms. The highest BCUT2D eigenvalue weighted by Gasteiger charge is 2.60. The Morgan fingerprint density at radius 3 is 2.56 bits per heavy atom. The van der Waals surface area contributed by atoms with Crippen molar-refractivity contribution in [3.05, 3.63) is 35.4 Å². The van der Waals surface area contributed by atoms with Crippen LogP contribution in [0.5, 0.6) is 0 Å². The predicted molar refractivity (Wildman–Crippen MR) is 105 cm³/mol. The van der Waals surface area contributed by atoms with E-state index in [9.17, 15) is 9.59 Å². The van der Waals surface area contributed by atoms with Gasteiger partial charge in [0.1, 0.15) is 0 Å². The van der Waals surface area contributed by atoms with Crippen LogP contribution in [0.1, 0.15) is 49.7 Å². The number of benzene rings is 1. The molecule has 0 heterocycles. The van der Waals surface area contributed by atoms with Gasteiger partial charge in [-0.15, -0.1) is 11.6 Å². The number of rotatable bonds is 6. The van der Waals surface area contributed by atoms with Crippen molar-refractivity contribution in [1.82, 2.24) is 5.32 Å². The Kier molecular flexibility index (Phi) is 4.96. The van der Waals surface area contributed by atoms with Crippen molar-refractivity contribution in [3.8, 4) is 0 Å². The molecule has 5 heteroatoms. The predicted octanol–water partition coefficient (Wildman–Crippen LogP) is 3.77. The molecule has 1 aromatic carbocycles. The summed E-state index contributed by atoms with van der Waals surface area (Å²) in [6.45, 7) is 2.41. The maximum atomic E-state index is 12.8. The number of carbonyl (C=O) groups excluding carboxylic acids is 2. The molecule has 4 atom stereocenters. The van der Waals surface area contributed by atoms with Gasteiger partial charge in [-0.05, 0) is 74.8 Å². The van der Waals surface area contributed by atoms with E-state index in [4.69, 9.17) is 16.3 Å². The monoisotopic (exact) mass is 389 g/mol. The highest BCUT2D eigenvalue weighted by atomic mass is 35.5. The van der Waals surface area contributed by atoms with Gasteiger partial charge in [-0.1, -0.05) is 24.3 Å². The van der Waals surface area contributed by atoms with Gasteiger partial charge in [0.25, 0.3) is 5.91 Å².